The van der Waals surface area contributed by atoms with Crippen LogP contribution < -0.4 is 0 Å². The van der Waals surface area contributed by atoms with Crippen molar-refractivity contribution in [3.8, 4) is 0 Å². The highest BCUT2D eigenvalue weighted by Gasteiger charge is 2.22. The second kappa shape index (κ2) is 3.82. The summed E-state index contributed by atoms with van der Waals surface area (Å²) < 4.78 is 2.29. The Morgan fingerprint density at radius 3 is 2.62 bits per heavy atom. The summed E-state index contributed by atoms with van der Waals surface area (Å²) in [6.45, 7) is 8.38. The zero-order valence-corrected chi connectivity index (χ0v) is 10.3. The van der Waals surface area contributed by atoms with Crippen molar-refractivity contribution in [3.05, 3.63) is 48.7 Å². The molecule has 0 unspecified atom stereocenters. The van der Waals surface area contributed by atoms with Gasteiger partial charge in [0.25, 0.3) is 0 Å². The fourth-order valence-electron chi connectivity index (χ4n) is 2.40. The molecule has 84 valence electrons. The van der Waals surface area contributed by atoms with Gasteiger partial charge in [0.2, 0.25) is 0 Å². The molecule has 0 aliphatic rings. The normalized spacial score (nSPS) is 11.9. The number of para-hydroxylation sites is 1. The van der Waals surface area contributed by atoms with Crippen LogP contribution in [0.1, 0.15) is 26.0 Å². The first kappa shape index (κ1) is 11.0. The average Bonchev–Trinajstić information content (AvgIpc) is 2.58. The highest BCUT2D eigenvalue weighted by molar-refractivity contribution is 5.81. The van der Waals surface area contributed by atoms with E-state index >= 15 is 0 Å². The minimum atomic E-state index is 0.148. The van der Waals surface area contributed by atoms with Crippen LogP contribution >= 0.6 is 0 Å². The lowest BCUT2D eigenvalue weighted by atomic mass is 9.85. The summed E-state index contributed by atoms with van der Waals surface area (Å²) in [5, 5.41) is 1.32. The van der Waals surface area contributed by atoms with E-state index in [-0.39, 0.29) is 5.41 Å². The van der Waals surface area contributed by atoms with Gasteiger partial charge < -0.3 is 4.57 Å². The van der Waals surface area contributed by atoms with E-state index in [0.717, 1.165) is 6.42 Å². The van der Waals surface area contributed by atoms with Gasteiger partial charge in [-0.2, -0.15) is 0 Å². The molecule has 0 amide bonds. The molecule has 0 saturated heterocycles. The molecule has 1 heteroatoms. The predicted molar refractivity (Wildman–Crippen MR) is 70.8 cm³/mol. The Bertz CT molecular complexity index is 517. The molecule has 0 spiro atoms. The van der Waals surface area contributed by atoms with Crippen LogP contribution in [-0.4, -0.2) is 4.57 Å². The number of rotatable bonds is 3. The first-order valence-corrected chi connectivity index (χ1v) is 5.72. The van der Waals surface area contributed by atoms with Crippen molar-refractivity contribution < 1.29 is 0 Å². The fourth-order valence-corrected chi connectivity index (χ4v) is 2.40. The SMILES string of the molecule is C=CCC(C)(C)c1cc2ccccc2n1C. The number of benzene rings is 1. The monoisotopic (exact) mass is 213 g/mol. The highest BCUT2D eigenvalue weighted by Crippen LogP contribution is 2.31. The molecule has 0 bridgehead atoms. The number of aromatic nitrogens is 1. The number of aryl methyl sites for hydroxylation is 1. The summed E-state index contributed by atoms with van der Waals surface area (Å²) >= 11 is 0. The molecule has 2 aromatic rings. The Kier molecular flexibility index (Phi) is 2.63. The summed E-state index contributed by atoms with van der Waals surface area (Å²) in [7, 11) is 2.14. The molecular formula is C15H19N. The van der Waals surface area contributed by atoms with Gasteiger partial charge in [-0.25, -0.2) is 0 Å². The van der Waals surface area contributed by atoms with Crippen molar-refractivity contribution in [3.63, 3.8) is 0 Å². The van der Waals surface area contributed by atoms with Gasteiger partial charge in [0.1, 0.15) is 0 Å². The maximum Gasteiger partial charge on any atom is 0.0480 e. The van der Waals surface area contributed by atoms with Gasteiger partial charge in [-0.05, 0) is 23.9 Å². The largest absolute Gasteiger partial charge is 0.347 e. The number of allylic oxidation sites excluding steroid dienone is 1. The summed E-state index contributed by atoms with van der Waals surface area (Å²) in [5.74, 6) is 0. The molecule has 0 N–H and O–H groups in total. The minimum absolute atomic E-state index is 0.148. The molecule has 0 aliphatic heterocycles. The minimum Gasteiger partial charge on any atom is -0.347 e. The summed E-state index contributed by atoms with van der Waals surface area (Å²) in [6, 6.07) is 10.8. The smallest absolute Gasteiger partial charge is 0.0480 e. The van der Waals surface area contributed by atoms with Crippen molar-refractivity contribution in [2.75, 3.05) is 0 Å². The molecule has 0 atom stereocenters. The molecule has 16 heavy (non-hydrogen) atoms. The summed E-state index contributed by atoms with van der Waals surface area (Å²) in [6.07, 6.45) is 2.99. The molecule has 1 nitrogen and oxygen atoms in total. The Hall–Kier alpha value is -1.50. The Balaban J connectivity index is 2.61. The summed E-state index contributed by atoms with van der Waals surface area (Å²) in [4.78, 5) is 0. The second-order valence-corrected chi connectivity index (χ2v) is 5.02. The van der Waals surface area contributed by atoms with Gasteiger partial charge in [0.05, 0.1) is 0 Å². The van der Waals surface area contributed by atoms with Crippen molar-refractivity contribution in [2.24, 2.45) is 7.05 Å². The van der Waals surface area contributed by atoms with Crippen LogP contribution in [0.2, 0.25) is 0 Å². The summed E-state index contributed by atoms with van der Waals surface area (Å²) in [5.41, 5.74) is 2.82. The number of nitrogens with zero attached hydrogens (tertiary/aromatic N) is 1. The Labute approximate surface area is 97.4 Å². The predicted octanol–water partition coefficient (Wildman–Crippen LogP) is 4.03. The van der Waals surface area contributed by atoms with Crippen molar-refractivity contribution in [1.82, 2.24) is 4.57 Å². The van der Waals surface area contributed by atoms with Crippen LogP contribution in [0.15, 0.2) is 43.0 Å². The number of hydrogen-bond donors (Lipinski definition) is 0. The van der Waals surface area contributed by atoms with Gasteiger partial charge >= 0.3 is 0 Å². The van der Waals surface area contributed by atoms with Crippen LogP contribution in [0.5, 0.6) is 0 Å². The van der Waals surface area contributed by atoms with E-state index in [2.05, 4.69) is 62.4 Å². The first-order valence-electron chi connectivity index (χ1n) is 5.72. The average molecular weight is 213 g/mol. The van der Waals surface area contributed by atoms with Crippen LogP contribution in [0.25, 0.3) is 10.9 Å². The quantitative estimate of drug-likeness (QED) is 0.678. The zero-order chi connectivity index (χ0) is 11.8. The highest BCUT2D eigenvalue weighted by atomic mass is 15.0. The third kappa shape index (κ3) is 1.67. The third-order valence-electron chi connectivity index (χ3n) is 3.30. The van der Waals surface area contributed by atoms with Gasteiger partial charge in [-0.15, -0.1) is 6.58 Å². The van der Waals surface area contributed by atoms with E-state index in [1.54, 1.807) is 0 Å². The Morgan fingerprint density at radius 1 is 1.31 bits per heavy atom. The molecule has 2 rings (SSSR count). The van der Waals surface area contributed by atoms with E-state index < -0.39 is 0 Å². The lowest BCUT2D eigenvalue weighted by Gasteiger charge is -2.24. The first-order chi connectivity index (χ1) is 7.56. The van der Waals surface area contributed by atoms with Crippen molar-refractivity contribution in [2.45, 2.75) is 25.7 Å². The Morgan fingerprint density at radius 2 is 2.00 bits per heavy atom. The van der Waals surface area contributed by atoms with Crippen molar-refractivity contribution >= 4 is 10.9 Å². The van der Waals surface area contributed by atoms with Crippen molar-refractivity contribution in [1.29, 1.82) is 0 Å². The van der Waals surface area contributed by atoms with Crippen LogP contribution in [0, 0.1) is 0 Å². The van der Waals surface area contributed by atoms with Gasteiger partial charge in [-0.1, -0.05) is 38.1 Å². The second-order valence-electron chi connectivity index (χ2n) is 5.02. The lowest BCUT2D eigenvalue weighted by Crippen LogP contribution is -2.19. The topological polar surface area (TPSA) is 4.93 Å². The van der Waals surface area contributed by atoms with Gasteiger partial charge in [-0.3, -0.25) is 0 Å². The molecule has 0 aliphatic carbocycles. The maximum atomic E-state index is 3.85. The number of fused-ring (bicyclic) bond motifs is 1. The van der Waals surface area contributed by atoms with E-state index in [1.165, 1.54) is 16.6 Å². The van der Waals surface area contributed by atoms with Gasteiger partial charge in [0.15, 0.2) is 0 Å². The standard InChI is InChI=1S/C15H19N/c1-5-10-15(2,3)14-11-12-8-6-7-9-13(12)16(14)4/h5-9,11H,1,10H2,2-4H3. The molecule has 1 aromatic carbocycles. The molecule has 0 saturated carbocycles. The lowest BCUT2D eigenvalue weighted by molar-refractivity contribution is 0.500. The van der Waals surface area contributed by atoms with E-state index in [0.29, 0.717) is 0 Å². The van der Waals surface area contributed by atoms with Crippen LogP contribution in [0.3, 0.4) is 0 Å². The number of hydrogen-bond acceptors (Lipinski definition) is 0. The van der Waals surface area contributed by atoms with E-state index in [9.17, 15) is 0 Å². The third-order valence-corrected chi connectivity index (χ3v) is 3.30. The van der Waals surface area contributed by atoms with Crippen LogP contribution in [0.4, 0.5) is 0 Å². The zero-order valence-electron chi connectivity index (χ0n) is 10.3. The fraction of sp³-hybridized carbons (Fsp3) is 0.333. The van der Waals surface area contributed by atoms with E-state index in [1.807, 2.05) is 6.08 Å². The molecule has 1 heterocycles. The maximum absolute atomic E-state index is 3.85. The van der Waals surface area contributed by atoms with Gasteiger partial charge in [0, 0.05) is 23.7 Å². The molecule has 0 fully saturated rings. The van der Waals surface area contributed by atoms with Crippen LogP contribution in [-0.2, 0) is 12.5 Å². The van der Waals surface area contributed by atoms with E-state index in [4.69, 9.17) is 0 Å². The molecule has 0 radical (unpaired) electrons. The molecule has 1 aromatic heterocycles. The molecular weight excluding hydrogens is 194 g/mol.